The summed E-state index contributed by atoms with van der Waals surface area (Å²) in [4.78, 5) is 8.46. The molecule has 2 aromatic rings. The number of aromatic nitrogens is 2. The zero-order valence-electron chi connectivity index (χ0n) is 8.14. The van der Waals surface area contributed by atoms with Crippen molar-refractivity contribution in [3.05, 3.63) is 45.1 Å². The van der Waals surface area contributed by atoms with Gasteiger partial charge in [-0.25, -0.2) is 4.98 Å². The maximum Gasteiger partial charge on any atom is 0.114 e. The predicted octanol–water partition coefficient (Wildman–Crippen LogP) is 2.61. The van der Waals surface area contributed by atoms with E-state index < -0.39 is 0 Å². The highest BCUT2D eigenvalue weighted by Gasteiger charge is 2.14. The van der Waals surface area contributed by atoms with Crippen LogP contribution in [0.5, 0.6) is 0 Å². The van der Waals surface area contributed by atoms with Gasteiger partial charge in [-0.3, -0.25) is 4.98 Å². The topological polar surface area (TPSA) is 37.8 Å². The van der Waals surface area contributed by atoms with Gasteiger partial charge < -0.3 is 5.32 Å². The molecule has 0 saturated heterocycles. The summed E-state index contributed by atoms with van der Waals surface area (Å²) in [5.74, 6) is 0. The summed E-state index contributed by atoms with van der Waals surface area (Å²) in [7, 11) is 1.92. The number of hydrogen-bond donors (Lipinski definition) is 1. The average Bonchev–Trinajstić information content (AvgIpc) is 2.72. The van der Waals surface area contributed by atoms with Gasteiger partial charge in [-0.1, -0.05) is 0 Å². The molecule has 0 aliphatic heterocycles. The lowest BCUT2D eigenvalue weighted by molar-refractivity contribution is 0.683. The zero-order chi connectivity index (χ0) is 10.7. The fourth-order valence-corrected chi connectivity index (χ4v) is 2.55. The summed E-state index contributed by atoms with van der Waals surface area (Å²) >= 11 is 5.06. The lowest BCUT2D eigenvalue weighted by Gasteiger charge is -2.13. The highest BCUT2D eigenvalue weighted by Crippen LogP contribution is 2.24. The van der Waals surface area contributed by atoms with Crippen molar-refractivity contribution in [2.75, 3.05) is 7.05 Å². The van der Waals surface area contributed by atoms with Crippen molar-refractivity contribution in [3.63, 3.8) is 0 Å². The Bertz CT molecular complexity index is 430. The standard InChI is InChI=1S/C10H10BrN3S/c1-12-9(10-14-2-3-15-10)7-4-8(11)6-13-5-7/h2-6,9,12H,1H3. The minimum atomic E-state index is 0.120. The molecule has 0 radical (unpaired) electrons. The van der Waals surface area contributed by atoms with E-state index in [1.54, 1.807) is 17.5 Å². The molecule has 0 aliphatic rings. The molecule has 0 aliphatic carbocycles. The molecule has 0 spiro atoms. The van der Waals surface area contributed by atoms with Gasteiger partial charge in [0.15, 0.2) is 0 Å². The molecule has 5 heteroatoms. The smallest absolute Gasteiger partial charge is 0.114 e. The van der Waals surface area contributed by atoms with E-state index in [4.69, 9.17) is 0 Å². The first-order valence-corrected chi connectivity index (χ1v) is 6.15. The second-order valence-electron chi connectivity index (χ2n) is 3.03. The molecule has 0 bridgehead atoms. The van der Waals surface area contributed by atoms with E-state index in [-0.39, 0.29) is 6.04 Å². The van der Waals surface area contributed by atoms with E-state index in [9.17, 15) is 0 Å². The van der Waals surface area contributed by atoms with Gasteiger partial charge in [0.1, 0.15) is 5.01 Å². The lowest BCUT2D eigenvalue weighted by Crippen LogP contribution is -2.17. The Kier molecular flexibility index (Phi) is 3.45. The van der Waals surface area contributed by atoms with Crippen molar-refractivity contribution in [3.8, 4) is 0 Å². The first-order valence-electron chi connectivity index (χ1n) is 4.48. The van der Waals surface area contributed by atoms with E-state index >= 15 is 0 Å². The third-order valence-electron chi connectivity index (χ3n) is 2.05. The second-order valence-corrected chi connectivity index (χ2v) is 4.87. The largest absolute Gasteiger partial charge is 0.307 e. The third kappa shape index (κ3) is 2.42. The zero-order valence-corrected chi connectivity index (χ0v) is 10.5. The van der Waals surface area contributed by atoms with Crippen LogP contribution in [0, 0.1) is 0 Å². The molecule has 0 fully saturated rings. The van der Waals surface area contributed by atoms with E-state index in [2.05, 4.69) is 37.3 Å². The third-order valence-corrected chi connectivity index (χ3v) is 3.32. The van der Waals surface area contributed by atoms with Crippen molar-refractivity contribution < 1.29 is 0 Å². The molecule has 1 N–H and O–H groups in total. The number of pyridine rings is 1. The minimum absolute atomic E-state index is 0.120. The Labute approximate surface area is 101 Å². The minimum Gasteiger partial charge on any atom is -0.307 e. The van der Waals surface area contributed by atoms with Gasteiger partial charge in [0.25, 0.3) is 0 Å². The molecule has 78 valence electrons. The van der Waals surface area contributed by atoms with Crippen LogP contribution in [0.15, 0.2) is 34.5 Å². The van der Waals surface area contributed by atoms with Gasteiger partial charge in [0, 0.05) is 28.4 Å². The Morgan fingerprint density at radius 1 is 1.47 bits per heavy atom. The van der Waals surface area contributed by atoms with E-state index in [1.807, 2.05) is 24.8 Å². The van der Waals surface area contributed by atoms with Crippen LogP contribution in [0.2, 0.25) is 0 Å². The summed E-state index contributed by atoms with van der Waals surface area (Å²) in [6, 6.07) is 2.17. The first kappa shape index (κ1) is 10.7. The number of thiazole rings is 1. The molecule has 2 aromatic heterocycles. The highest BCUT2D eigenvalue weighted by atomic mass is 79.9. The molecule has 2 rings (SSSR count). The fraction of sp³-hybridized carbons (Fsp3) is 0.200. The summed E-state index contributed by atoms with van der Waals surface area (Å²) in [5.41, 5.74) is 1.11. The van der Waals surface area contributed by atoms with E-state index in [0.717, 1.165) is 15.0 Å². The summed E-state index contributed by atoms with van der Waals surface area (Å²) in [6.45, 7) is 0. The summed E-state index contributed by atoms with van der Waals surface area (Å²) < 4.78 is 0.983. The van der Waals surface area contributed by atoms with Crippen molar-refractivity contribution in [2.45, 2.75) is 6.04 Å². The van der Waals surface area contributed by atoms with Crippen molar-refractivity contribution in [1.82, 2.24) is 15.3 Å². The SMILES string of the molecule is CNC(c1cncc(Br)c1)c1nccs1. The van der Waals surface area contributed by atoms with Crippen molar-refractivity contribution >= 4 is 27.3 Å². The fourth-order valence-electron chi connectivity index (χ4n) is 1.40. The van der Waals surface area contributed by atoms with E-state index in [1.165, 1.54) is 0 Å². The van der Waals surface area contributed by atoms with Crippen LogP contribution in [0.25, 0.3) is 0 Å². The number of nitrogens with one attached hydrogen (secondary N) is 1. The maximum absolute atomic E-state index is 4.31. The molecule has 0 aromatic carbocycles. The van der Waals surface area contributed by atoms with Gasteiger partial charge in [-0.2, -0.15) is 0 Å². The van der Waals surface area contributed by atoms with Crippen molar-refractivity contribution in [1.29, 1.82) is 0 Å². The van der Waals surface area contributed by atoms with Crippen LogP contribution >= 0.6 is 27.3 Å². The number of rotatable bonds is 3. The quantitative estimate of drug-likeness (QED) is 0.941. The van der Waals surface area contributed by atoms with Crippen LogP contribution in [0.1, 0.15) is 16.6 Å². The van der Waals surface area contributed by atoms with Crippen LogP contribution in [0.3, 0.4) is 0 Å². The molecule has 15 heavy (non-hydrogen) atoms. The number of nitrogens with zero attached hydrogens (tertiary/aromatic N) is 2. The van der Waals surface area contributed by atoms with Crippen LogP contribution in [0.4, 0.5) is 0 Å². The molecule has 1 atom stereocenters. The van der Waals surface area contributed by atoms with Crippen LogP contribution < -0.4 is 5.32 Å². The molecular weight excluding hydrogens is 274 g/mol. The Balaban J connectivity index is 2.35. The molecule has 2 heterocycles. The normalized spacial score (nSPS) is 12.7. The first-order chi connectivity index (χ1) is 7.31. The van der Waals surface area contributed by atoms with E-state index in [0.29, 0.717) is 0 Å². The lowest BCUT2D eigenvalue weighted by atomic mass is 10.1. The molecular formula is C10H10BrN3S. The van der Waals surface area contributed by atoms with Gasteiger partial charge in [0.2, 0.25) is 0 Å². The molecule has 0 amide bonds. The van der Waals surface area contributed by atoms with Gasteiger partial charge in [-0.05, 0) is 34.6 Å². The van der Waals surface area contributed by atoms with Gasteiger partial charge in [0.05, 0.1) is 6.04 Å². The van der Waals surface area contributed by atoms with Crippen LogP contribution in [-0.2, 0) is 0 Å². The van der Waals surface area contributed by atoms with Crippen molar-refractivity contribution in [2.24, 2.45) is 0 Å². The average molecular weight is 284 g/mol. The Morgan fingerprint density at radius 2 is 2.33 bits per heavy atom. The Morgan fingerprint density at radius 3 is 2.93 bits per heavy atom. The molecule has 0 saturated carbocycles. The summed E-state index contributed by atoms with van der Waals surface area (Å²) in [5, 5.41) is 6.27. The Hall–Kier alpha value is -0.780. The number of halogens is 1. The monoisotopic (exact) mass is 283 g/mol. The second kappa shape index (κ2) is 4.83. The predicted molar refractivity (Wildman–Crippen MR) is 65.0 cm³/mol. The molecule has 3 nitrogen and oxygen atoms in total. The highest BCUT2D eigenvalue weighted by molar-refractivity contribution is 9.10. The summed E-state index contributed by atoms with van der Waals surface area (Å²) in [6.07, 6.45) is 5.45. The maximum atomic E-state index is 4.31. The van der Waals surface area contributed by atoms with Gasteiger partial charge >= 0.3 is 0 Å². The number of hydrogen-bond acceptors (Lipinski definition) is 4. The molecule has 1 unspecified atom stereocenters. The van der Waals surface area contributed by atoms with Gasteiger partial charge in [-0.15, -0.1) is 11.3 Å². The van der Waals surface area contributed by atoms with Crippen LogP contribution in [-0.4, -0.2) is 17.0 Å².